The van der Waals surface area contributed by atoms with Gasteiger partial charge in [-0.3, -0.25) is 9.59 Å². The summed E-state index contributed by atoms with van der Waals surface area (Å²) in [6.07, 6.45) is 0.626. The van der Waals surface area contributed by atoms with Crippen LogP contribution < -0.4 is 10.9 Å². The first-order chi connectivity index (χ1) is 15.1. The zero-order valence-corrected chi connectivity index (χ0v) is 17.9. The number of thiazole rings is 1. The molecule has 0 spiro atoms. The molecular formula is C24H22N4O2S. The average Bonchev–Trinajstić information content (AvgIpc) is 3.25. The van der Waals surface area contributed by atoms with Crippen molar-refractivity contribution in [3.8, 4) is 21.8 Å². The number of hydrogen-bond acceptors (Lipinski definition) is 5. The van der Waals surface area contributed by atoms with Crippen molar-refractivity contribution in [3.63, 3.8) is 0 Å². The summed E-state index contributed by atoms with van der Waals surface area (Å²) in [6.45, 7) is 2.34. The van der Waals surface area contributed by atoms with Gasteiger partial charge in [-0.1, -0.05) is 60.2 Å². The van der Waals surface area contributed by atoms with Crippen LogP contribution in [0.2, 0.25) is 0 Å². The number of rotatable bonds is 7. The number of amides is 1. The molecule has 0 bridgehead atoms. The van der Waals surface area contributed by atoms with E-state index in [1.165, 1.54) is 10.7 Å². The van der Waals surface area contributed by atoms with Crippen molar-refractivity contribution in [2.75, 3.05) is 6.54 Å². The molecular weight excluding hydrogens is 408 g/mol. The molecule has 1 N–H and O–H groups in total. The van der Waals surface area contributed by atoms with Crippen molar-refractivity contribution in [1.29, 1.82) is 0 Å². The quantitative estimate of drug-likeness (QED) is 0.485. The summed E-state index contributed by atoms with van der Waals surface area (Å²) >= 11 is 1.59. The van der Waals surface area contributed by atoms with E-state index in [4.69, 9.17) is 0 Å². The summed E-state index contributed by atoms with van der Waals surface area (Å²) in [5.41, 5.74) is 4.41. The Balaban J connectivity index is 1.34. The molecule has 0 saturated carbocycles. The fraction of sp³-hybridized carbons (Fsp3) is 0.167. The molecule has 0 atom stereocenters. The van der Waals surface area contributed by atoms with Gasteiger partial charge < -0.3 is 5.32 Å². The fourth-order valence-electron chi connectivity index (χ4n) is 3.10. The molecule has 0 fully saturated rings. The monoisotopic (exact) mass is 430 g/mol. The lowest BCUT2D eigenvalue weighted by molar-refractivity contribution is -0.121. The molecule has 0 radical (unpaired) electrons. The SMILES string of the molecule is Cc1ccc(-c2ccc(=O)n(CC(=O)NCCc3csc(-c4ccccc4)n3)n2)cc1. The van der Waals surface area contributed by atoms with Crippen molar-refractivity contribution in [3.05, 3.63) is 93.7 Å². The van der Waals surface area contributed by atoms with E-state index < -0.39 is 0 Å². The van der Waals surface area contributed by atoms with E-state index in [1.54, 1.807) is 17.4 Å². The Hall–Kier alpha value is -3.58. The Kier molecular flexibility index (Phi) is 6.33. The van der Waals surface area contributed by atoms with Gasteiger partial charge in [-0.25, -0.2) is 9.67 Å². The fourth-order valence-corrected chi connectivity index (χ4v) is 3.96. The summed E-state index contributed by atoms with van der Waals surface area (Å²) in [4.78, 5) is 29.1. The van der Waals surface area contributed by atoms with Gasteiger partial charge in [0.2, 0.25) is 5.91 Å². The Morgan fingerprint density at radius 2 is 1.77 bits per heavy atom. The molecule has 2 heterocycles. The number of aromatic nitrogens is 3. The number of nitrogens with zero attached hydrogens (tertiary/aromatic N) is 3. The lowest BCUT2D eigenvalue weighted by atomic mass is 10.1. The van der Waals surface area contributed by atoms with Crippen LogP contribution in [-0.2, 0) is 17.8 Å². The molecule has 31 heavy (non-hydrogen) atoms. The minimum atomic E-state index is -0.307. The van der Waals surface area contributed by atoms with Gasteiger partial charge in [0.25, 0.3) is 5.56 Å². The summed E-state index contributed by atoms with van der Waals surface area (Å²) in [6, 6.07) is 21.0. The standard InChI is InChI=1S/C24H22N4O2S/c1-17-7-9-18(10-8-17)21-11-12-23(30)28(27-21)15-22(29)25-14-13-20-16-31-24(26-20)19-5-3-2-4-6-19/h2-12,16H,13-15H2,1H3,(H,25,29). The summed E-state index contributed by atoms with van der Waals surface area (Å²) in [5, 5.41) is 10.2. The second-order valence-corrected chi connectivity index (χ2v) is 8.05. The highest BCUT2D eigenvalue weighted by atomic mass is 32.1. The summed E-state index contributed by atoms with van der Waals surface area (Å²) in [7, 11) is 0. The molecule has 0 aliphatic heterocycles. The molecule has 6 nitrogen and oxygen atoms in total. The number of benzene rings is 2. The van der Waals surface area contributed by atoms with Crippen molar-refractivity contribution < 1.29 is 4.79 Å². The second kappa shape index (κ2) is 9.49. The molecule has 0 saturated heterocycles. The largest absolute Gasteiger partial charge is 0.354 e. The van der Waals surface area contributed by atoms with Crippen LogP contribution in [0, 0.1) is 6.92 Å². The normalized spacial score (nSPS) is 10.7. The maximum Gasteiger partial charge on any atom is 0.267 e. The minimum absolute atomic E-state index is 0.120. The van der Waals surface area contributed by atoms with E-state index in [2.05, 4.69) is 15.4 Å². The first kappa shape index (κ1) is 20.7. The van der Waals surface area contributed by atoms with Crippen LogP contribution in [0.1, 0.15) is 11.3 Å². The van der Waals surface area contributed by atoms with Crippen molar-refractivity contribution in [2.45, 2.75) is 19.9 Å². The van der Waals surface area contributed by atoms with Gasteiger partial charge in [0.05, 0.1) is 11.4 Å². The molecule has 2 aromatic heterocycles. The number of nitrogens with one attached hydrogen (secondary N) is 1. The Labute approximate surface area is 184 Å². The predicted octanol–water partition coefficient (Wildman–Crippen LogP) is 3.70. The number of hydrogen-bond donors (Lipinski definition) is 1. The highest BCUT2D eigenvalue weighted by molar-refractivity contribution is 7.13. The van der Waals surface area contributed by atoms with Gasteiger partial charge in [-0.15, -0.1) is 11.3 Å². The number of aryl methyl sites for hydroxylation is 1. The van der Waals surface area contributed by atoms with Crippen LogP contribution in [0.25, 0.3) is 21.8 Å². The molecule has 156 valence electrons. The van der Waals surface area contributed by atoms with Gasteiger partial charge in [0, 0.05) is 35.5 Å². The van der Waals surface area contributed by atoms with E-state index in [9.17, 15) is 9.59 Å². The Morgan fingerprint density at radius 1 is 1.00 bits per heavy atom. The summed E-state index contributed by atoms with van der Waals surface area (Å²) in [5.74, 6) is -0.255. The van der Waals surface area contributed by atoms with Crippen LogP contribution in [0.5, 0.6) is 0 Å². The molecule has 0 unspecified atom stereocenters. The highest BCUT2D eigenvalue weighted by Gasteiger charge is 2.09. The van der Waals surface area contributed by atoms with Gasteiger partial charge >= 0.3 is 0 Å². The minimum Gasteiger partial charge on any atom is -0.354 e. The molecule has 2 aromatic carbocycles. The zero-order chi connectivity index (χ0) is 21.6. The van der Waals surface area contributed by atoms with E-state index in [1.807, 2.05) is 66.9 Å². The van der Waals surface area contributed by atoms with Crippen LogP contribution in [0.3, 0.4) is 0 Å². The molecule has 7 heteroatoms. The van der Waals surface area contributed by atoms with E-state index in [-0.39, 0.29) is 18.0 Å². The maximum absolute atomic E-state index is 12.3. The number of carbonyl (C=O) groups excluding carboxylic acids is 1. The Bertz CT molecular complexity index is 1230. The van der Waals surface area contributed by atoms with Crippen LogP contribution in [0.15, 0.2) is 76.9 Å². The molecule has 4 rings (SSSR count). The van der Waals surface area contributed by atoms with Gasteiger partial charge in [0.15, 0.2) is 0 Å². The Morgan fingerprint density at radius 3 is 2.55 bits per heavy atom. The van der Waals surface area contributed by atoms with Crippen LogP contribution in [0.4, 0.5) is 0 Å². The topological polar surface area (TPSA) is 76.9 Å². The molecule has 0 aliphatic rings. The van der Waals surface area contributed by atoms with Crippen molar-refractivity contribution in [1.82, 2.24) is 20.1 Å². The van der Waals surface area contributed by atoms with E-state index in [0.29, 0.717) is 18.7 Å². The van der Waals surface area contributed by atoms with Crippen LogP contribution >= 0.6 is 11.3 Å². The third kappa shape index (κ3) is 5.32. The van der Waals surface area contributed by atoms with Gasteiger partial charge in [-0.05, 0) is 13.0 Å². The highest BCUT2D eigenvalue weighted by Crippen LogP contribution is 2.23. The lowest BCUT2D eigenvalue weighted by Crippen LogP contribution is -2.34. The first-order valence-corrected chi connectivity index (χ1v) is 10.9. The van der Waals surface area contributed by atoms with E-state index >= 15 is 0 Å². The molecule has 4 aromatic rings. The summed E-state index contributed by atoms with van der Waals surface area (Å²) < 4.78 is 1.20. The van der Waals surface area contributed by atoms with Crippen LogP contribution in [-0.4, -0.2) is 27.2 Å². The zero-order valence-electron chi connectivity index (χ0n) is 17.1. The third-order valence-corrected chi connectivity index (χ3v) is 5.72. The third-order valence-electron chi connectivity index (χ3n) is 4.78. The molecule has 1 amide bonds. The maximum atomic E-state index is 12.3. The average molecular weight is 431 g/mol. The number of carbonyl (C=O) groups is 1. The van der Waals surface area contributed by atoms with Gasteiger partial charge in [-0.2, -0.15) is 5.10 Å². The molecule has 0 aliphatic carbocycles. The predicted molar refractivity (Wildman–Crippen MR) is 123 cm³/mol. The van der Waals surface area contributed by atoms with E-state index in [0.717, 1.165) is 27.4 Å². The first-order valence-electron chi connectivity index (χ1n) is 10.0. The van der Waals surface area contributed by atoms with Crippen molar-refractivity contribution >= 4 is 17.2 Å². The second-order valence-electron chi connectivity index (χ2n) is 7.19. The van der Waals surface area contributed by atoms with Crippen molar-refractivity contribution in [2.24, 2.45) is 0 Å². The lowest BCUT2D eigenvalue weighted by Gasteiger charge is -2.08. The smallest absolute Gasteiger partial charge is 0.267 e. The van der Waals surface area contributed by atoms with Gasteiger partial charge in [0.1, 0.15) is 11.6 Å².